The number of nitrogens with one attached hydrogen (secondary N) is 4. The smallest absolute Gasteiger partial charge is 0.238 e. The summed E-state index contributed by atoms with van der Waals surface area (Å²) in [5.74, 6) is 2.42. The normalized spacial score (nSPS) is 16.8. The van der Waals surface area contributed by atoms with Crippen molar-refractivity contribution in [1.82, 2.24) is 39.6 Å². The number of carbonyl (C=O) groups is 1. The highest BCUT2D eigenvalue weighted by molar-refractivity contribution is 6.06. The highest BCUT2D eigenvalue weighted by Gasteiger charge is 2.27. The van der Waals surface area contributed by atoms with Gasteiger partial charge < -0.3 is 25.7 Å². The first kappa shape index (κ1) is 27.8. The van der Waals surface area contributed by atoms with Crippen LogP contribution in [0.2, 0.25) is 0 Å². The minimum Gasteiger partial charge on any atom is -0.473 e. The van der Waals surface area contributed by atoms with Crippen molar-refractivity contribution < 1.29 is 9.53 Å². The number of aryl methyl sites for hydroxylation is 3. The van der Waals surface area contributed by atoms with E-state index in [1.54, 1.807) is 10.9 Å². The van der Waals surface area contributed by atoms with Gasteiger partial charge >= 0.3 is 0 Å². The van der Waals surface area contributed by atoms with E-state index < -0.39 is 0 Å². The first-order valence-electron chi connectivity index (χ1n) is 14.9. The van der Waals surface area contributed by atoms with Gasteiger partial charge in [-0.3, -0.25) is 14.4 Å². The number of hydrogen-bond donors (Lipinski definition) is 4. The SMILES string of the molecule is Cc1cnc(Nc2cc(C)n(C)n2)nc1-c1c[nH]c2c(NC(=O)CN3CCC(Oc4cc(NC5CC5)ncn4)C3)cccc12. The second-order valence-electron chi connectivity index (χ2n) is 11.5. The van der Waals surface area contributed by atoms with Gasteiger partial charge in [0.2, 0.25) is 17.7 Å². The summed E-state index contributed by atoms with van der Waals surface area (Å²) in [4.78, 5) is 36.4. The molecule has 2 aliphatic rings. The van der Waals surface area contributed by atoms with Crippen LogP contribution in [0.1, 0.15) is 30.5 Å². The number of amides is 1. The number of nitrogens with zero attached hydrogens (tertiary/aromatic N) is 7. The van der Waals surface area contributed by atoms with E-state index in [1.165, 1.54) is 19.2 Å². The van der Waals surface area contributed by atoms with Crippen molar-refractivity contribution in [3.05, 3.63) is 60.3 Å². The number of carbonyl (C=O) groups excluding carboxylic acids is 1. The third-order valence-electron chi connectivity index (χ3n) is 8.03. The van der Waals surface area contributed by atoms with E-state index in [0.717, 1.165) is 57.9 Å². The lowest BCUT2D eigenvalue weighted by atomic mass is 10.1. The summed E-state index contributed by atoms with van der Waals surface area (Å²) in [5, 5.41) is 15.1. The third kappa shape index (κ3) is 6.04. The molecule has 0 spiro atoms. The van der Waals surface area contributed by atoms with E-state index in [4.69, 9.17) is 9.72 Å². The maximum atomic E-state index is 13.1. The highest BCUT2D eigenvalue weighted by Crippen LogP contribution is 2.33. The number of fused-ring (bicyclic) bond motifs is 1. The molecule has 2 fully saturated rings. The molecule has 5 heterocycles. The molecular weight excluding hydrogens is 558 g/mol. The molecular formula is C31H35N11O2. The number of benzene rings is 1. The second-order valence-corrected chi connectivity index (χ2v) is 11.5. The van der Waals surface area contributed by atoms with Gasteiger partial charge in [-0.1, -0.05) is 12.1 Å². The Hall–Kier alpha value is -5.04. The van der Waals surface area contributed by atoms with Crippen LogP contribution in [0.5, 0.6) is 5.88 Å². The quantitative estimate of drug-likeness (QED) is 0.186. The fraction of sp³-hybridized carbons (Fsp3) is 0.355. The lowest BCUT2D eigenvalue weighted by Crippen LogP contribution is -2.33. The molecule has 4 N–H and O–H groups in total. The first-order chi connectivity index (χ1) is 21.4. The predicted molar refractivity (Wildman–Crippen MR) is 168 cm³/mol. The molecule has 1 unspecified atom stereocenters. The van der Waals surface area contributed by atoms with E-state index in [1.807, 2.05) is 57.4 Å². The minimum atomic E-state index is -0.0809. The van der Waals surface area contributed by atoms with Crippen LogP contribution in [-0.4, -0.2) is 77.3 Å². The van der Waals surface area contributed by atoms with Gasteiger partial charge in [0, 0.05) is 67.3 Å². The summed E-state index contributed by atoms with van der Waals surface area (Å²) < 4.78 is 7.92. The zero-order valence-corrected chi connectivity index (χ0v) is 25.0. The number of aromatic amines is 1. The Bertz CT molecular complexity index is 1810. The molecule has 1 aromatic carbocycles. The molecule has 0 bridgehead atoms. The number of ether oxygens (including phenoxy) is 1. The summed E-state index contributed by atoms with van der Waals surface area (Å²) in [6.45, 7) is 5.67. The fourth-order valence-electron chi connectivity index (χ4n) is 5.49. The van der Waals surface area contributed by atoms with Crippen molar-refractivity contribution in [2.75, 3.05) is 35.6 Å². The summed E-state index contributed by atoms with van der Waals surface area (Å²) in [6.07, 6.45) is 8.39. The van der Waals surface area contributed by atoms with Crippen LogP contribution >= 0.6 is 0 Å². The number of anilines is 4. The van der Waals surface area contributed by atoms with Crippen molar-refractivity contribution in [3.8, 4) is 17.1 Å². The van der Waals surface area contributed by atoms with E-state index >= 15 is 0 Å². The van der Waals surface area contributed by atoms with Crippen LogP contribution in [0.3, 0.4) is 0 Å². The van der Waals surface area contributed by atoms with Gasteiger partial charge in [-0.15, -0.1) is 0 Å². The molecule has 0 radical (unpaired) electrons. The molecule has 1 atom stereocenters. The molecule has 1 aliphatic carbocycles. The van der Waals surface area contributed by atoms with Gasteiger partial charge in [-0.2, -0.15) is 5.10 Å². The fourth-order valence-corrected chi connectivity index (χ4v) is 5.49. The van der Waals surface area contributed by atoms with E-state index in [9.17, 15) is 4.79 Å². The molecule has 1 saturated carbocycles. The molecule has 5 aromatic rings. The summed E-state index contributed by atoms with van der Waals surface area (Å²) in [5.41, 5.74) is 5.25. The van der Waals surface area contributed by atoms with Gasteiger partial charge in [0.25, 0.3) is 0 Å². The highest BCUT2D eigenvalue weighted by atomic mass is 16.5. The standard InChI is InChI=1S/C31H35N11O2/c1-18-13-33-31(38-26-11-19(2)41(3)40-26)39-29(18)23-14-32-30-22(23)5-4-6-24(30)37-27(43)16-42-10-9-21(15-42)44-28-12-25(34-17-35-28)36-20-7-8-20/h4-6,11-14,17,20-21,32H,7-10,15-16H2,1-3H3,(H,37,43)(H,34,35,36)(H,33,38,39,40). The average Bonchev–Trinajstić information content (AvgIpc) is 3.37. The zero-order valence-electron chi connectivity index (χ0n) is 25.0. The molecule has 7 rings (SSSR count). The zero-order chi connectivity index (χ0) is 30.2. The van der Waals surface area contributed by atoms with Crippen LogP contribution in [0.25, 0.3) is 22.2 Å². The number of aromatic nitrogens is 7. The second kappa shape index (κ2) is 11.6. The van der Waals surface area contributed by atoms with Gasteiger partial charge in [-0.05, 0) is 44.7 Å². The lowest BCUT2D eigenvalue weighted by Gasteiger charge is -2.17. The Morgan fingerprint density at radius 3 is 2.82 bits per heavy atom. The maximum Gasteiger partial charge on any atom is 0.238 e. The predicted octanol–water partition coefficient (Wildman–Crippen LogP) is 4.17. The number of H-pyrrole nitrogens is 1. The van der Waals surface area contributed by atoms with Crippen LogP contribution in [-0.2, 0) is 11.8 Å². The molecule has 1 aliphatic heterocycles. The Morgan fingerprint density at radius 1 is 1.11 bits per heavy atom. The van der Waals surface area contributed by atoms with E-state index in [0.29, 0.717) is 30.2 Å². The number of para-hydroxylation sites is 1. The van der Waals surface area contributed by atoms with Crippen molar-refractivity contribution in [2.45, 2.75) is 45.3 Å². The molecule has 44 heavy (non-hydrogen) atoms. The van der Waals surface area contributed by atoms with Crippen LogP contribution in [0.4, 0.5) is 23.3 Å². The molecule has 13 nitrogen and oxygen atoms in total. The molecule has 4 aromatic heterocycles. The molecule has 13 heteroatoms. The number of rotatable bonds is 10. The maximum absolute atomic E-state index is 13.1. The van der Waals surface area contributed by atoms with Gasteiger partial charge in [0.05, 0.1) is 23.4 Å². The van der Waals surface area contributed by atoms with E-state index in [-0.39, 0.29) is 18.6 Å². The number of hydrogen-bond acceptors (Lipinski definition) is 10. The molecule has 1 saturated heterocycles. The largest absolute Gasteiger partial charge is 0.473 e. The minimum absolute atomic E-state index is 0.0296. The van der Waals surface area contributed by atoms with Crippen molar-refractivity contribution in [1.29, 1.82) is 0 Å². The Balaban J connectivity index is 1.00. The Morgan fingerprint density at radius 2 is 2.00 bits per heavy atom. The summed E-state index contributed by atoms with van der Waals surface area (Å²) in [7, 11) is 1.89. The van der Waals surface area contributed by atoms with Gasteiger partial charge in [0.15, 0.2) is 5.82 Å². The monoisotopic (exact) mass is 593 g/mol. The molecule has 1 amide bonds. The first-order valence-corrected chi connectivity index (χ1v) is 14.9. The molecule has 226 valence electrons. The Labute approximate surface area is 254 Å². The van der Waals surface area contributed by atoms with Crippen LogP contribution < -0.4 is 20.7 Å². The summed E-state index contributed by atoms with van der Waals surface area (Å²) in [6, 6.07) is 10.2. The lowest BCUT2D eigenvalue weighted by molar-refractivity contribution is -0.117. The number of likely N-dealkylation sites (tertiary alicyclic amines) is 1. The summed E-state index contributed by atoms with van der Waals surface area (Å²) >= 11 is 0. The average molecular weight is 594 g/mol. The topological polar surface area (TPSA) is 151 Å². The van der Waals surface area contributed by atoms with Crippen molar-refractivity contribution in [3.63, 3.8) is 0 Å². The van der Waals surface area contributed by atoms with Crippen LogP contribution in [0.15, 0.2) is 49.1 Å². The van der Waals surface area contributed by atoms with E-state index in [2.05, 4.69) is 45.9 Å². The Kier molecular flexibility index (Phi) is 7.30. The van der Waals surface area contributed by atoms with Gasteiger partial charge in [-0.25, -0.2) is 19.9 Å². The van der Waals surface area contributed by atoms with Crippen molar-refractivity contribution >= 4 is 40.1 Å². The van der Waals surface area contributed by atoms with Crippen molar-refractivity contribution in [2.24, 2.45) is 7.05 Å². The van der Waals surface area contributed by atoms with Crippen LogP contribution in [0, 0.1) is 13.8 Å². The third-order valence-corrected chi connectivity index (χ3v) is 8.03. The van der Waals surface area contributed by atoms with Gasteiger partial charge in [0.1, 0.15) is 18.2 Å².